The van der Waals surface area contributed by atoms with Crippen molar-refractivity contribution in [3.63, 3.8) is 0 Å². The minimum Gasteiger partial charge on any atom is -0.288 e. The summed E-state index contributed by atoms with van der Waals surface area (Å²) in [6.07, 6.45) is 1.44. The van der Waals surface area contributed by atoms with Crippen LogP contribution in [0.3, 0.4) is 0 Å². The molecule has 0 bridgehead atoms. The minimum absolute atomic E-state index is 0.153. The topological polar surface area (TPSA) is 30.0 Å². The van der Waals surface area contributed by atoms with Crippen molar-refractivity contribution in [3.05, 3.63) is 89.6 Å². The SMILES string of the molecule is O=C(c1ccccc1)c1ccc(F)c(-c2ccccn2)c1F. The highest BCUT2D eigenvalue weighted by Gasteiger charge is 2.21. The molecule has 0 spiro atoms. The standard InChI is InChI=1S/C18H11F2NO/c19-14-10-9-13(18(22)12-6-2-1-3-7-12)17(20)16(14)15-8-4-5-11-21-15/h1-11H. The van der Waals surface area contributed by atoms with Gasteiger partial charge in [-0.3, -0.25) is 9.78 Å². The van der Waals surface area contributed by atoms with Gasteiger partial charge in [-0.2, -0.15) is 0 Å². The Bertz CT molecular complexity index is 817. The van der Waals surface area contributed by atoms with Gasteiger partial charge in [-0.05, 0) is 24.3 Å². The number of nitrogens with zero attached hydrogens (tertiary/aromatic N) is 1. The molecule has 108 valence electrons. The molecule has 0 amide bonds. The van der Waals surface area contributed by atoms with Crippen LogP contribution in [0.1, 0.15) is 15.9 Å². The summed E-state index contributed by atoms with van der Waals surface area (Å²) < 4.78 is 28.6. The Balaban J connectivity index is 2.14. The fourth-order valence-electron chi connectivity index (χ4n) is 2.22. The second-order valence-electron chi connectivity index (χ2n) is 4.69. The van der Waals surface area contributed by atoms with Crippen molar-refractivity contribution in [2.45, 2.75) is 0 Å². The summed E-state index contributed by atoms with van der Waals surface area (Å²) in [7, 11) is 0. The zero-order valence-electron chi connectivity index (χ0n) is 11.5. The van der Waals surface area contributed by atoms with Crippen LogP contribution in [0.2, 0.25) is 0 Å². The minimum atomic E-state index is -0.896. The van der Waals surface area contributed by atoms with Gasteiger partial charge >= 0.3 is 0 Å². The first kappa shape index (κ1) is 14.1. The van der Waals surface area contributed by atoms with Crippen molar-refractivity contribution in [3.8, 4) is 11.3 Å². The Morgan fingerprint density at radius 3 is 2.27 bits per heavy atom. The smallest absolute Gasteiger partial charge is 0.195 e. The van der Waals surface area contributed by atoms with Crippen LogP contribution >= 0.6 is 0 Å². The Hall–Kier alpha value is -2.88. The molecule has 2 nitrogen and oxygen atoms in total. The van der Waals surface area contributed by atoms with E-state index in [4.69, 9.17) is 0 Å². The maximum atomic E-state index is 14.7. The van der Waals surface area contributed by atoms with Crippen molar-refractivity contribution in [2.24, 2.45) is 0 Å². The van der Waals surface area contributed by atoms with Gasteiger partial charge in [-0.1, -0.05) is 36.4 Å². The van der Waals surface area contributed by atoms with E-state index in [1.165, 1.54) is 12.3 Å². The van der Waals surface area contributed by atoms with Crippen molar-refractivity contribution in [1.29, 1.82) is 0 Å². The Morgan fingerprint density at radius 2 is 1.59 bits per heavy atom. The second-order valence-corrected chi connectivity index (χ2v) is 4.69. The summed E-state index contributed by atoms with van der Waals surface area (Å²) in [4.78, 5) is 16.3. The zero-order chi connectivity index (χ0) is 15.5. The Labute approximate surface area is 126 Å². The predicted octanol–water partition coefficient (Wildman–Crippen LogP) is 4.26. The van der Waals surface area contributed by atoms with Crippen molar-refractivity contribution in [1.82, 2.24) is 4.98 Å². The van der Waals surface area contributed by atoms with Gasteiger partial charge in [0, 0.05) is 11.8 Å². The third-order valence-electron chi connectivity index (χ3n) is 3.29. The number of halogens is 2. The third kappa shape index (κ3) is 2.51. The molecule has 3 aromatic rings. The third-order valence-corrected chi connectivity index (χ3v) is 3.29. The monoisotopic (exact) mass is 295 g/mol. The fraction of sp³-hybridized carbons (Fsp3) is 0. The van der Waals surface area contributed by atoms with E-state index >= 15 is 0 Å². The first-order chi connectivity index (χ1) is 10.7. The van der Waals surface area contributed by atoms with Crippen LogP contribution in [0.25, 0.3) is 11.3 Å². The van der Waals surface area contributed by atoms with E-state index in [1.54, 1.807) is 42.5 Å². The Kier molecular flexibility index (Phi) is 3.74. The first-order valence-electron chi connectivity index (χ1n) is 6.67. The normalized spacial score (nSPS) is 10.5. The molecule has 0 fully saturated rings. The van der Waals surface area contributed by atoms with Gasteiger partial charge in [-0.25, -0.2) is 8.78 Å². The number of rotatable bonds is 3. The molecule has 0 unspecified atom stereocenters. The van der Waals surface area contributed by atoms with Crippen LogP contribution < -0.4 is 0 Å². The number of pyridine rings is 1. The lowest BCUT2D eigenvalue weighted by atomic mass is 9.98. The average molecular weight is 295 g/mol. The lowest BCUT2D eigenvalue weighted by Gasteiger charge is -2.09. The lowest BCUT2D eigenvalue weighted by Crippen LogP contribution is -2.07. The molecule has 1 heterocycles. The summed E-state index contributed by atoms with van der Waals surface area (Å²) in [5, 5.41) is 0. The average Bonchev–Trinajstić information content (AvgIpc) is 2.56. The van der Waals surface area contributed by atoms with Crippen molar-refractivity contribution >= 4 is 5.78 Å². The van der Waals surface area contributed by atoms with Crippen LogP contribution in [0.15, 0.2) is 66.9 Å². The second kappa shape index (κ2) is 5.85. The van der Waals surface area contributed by atoms with Gasteiger partial charge in [0.15, 0.2) is 5.78 Å². The van der Waals surface area contributed by atoms with Crippen LogP contribution in [0.4, 0.5) is 8.78 Å². The van der Waals surface area contributed by atoms with Crippen molar-refractivity contribution < 1.29 is 13.6 Å². The first-order valence-corrected chi connectivity index (χ1v) is 6.67. The summed E-state index contributed by atoms with van der Waals surface area (Å²) in [6.45, 7) is 0. The van der Waals surface area contributed by atoms with Gasteiger partial charge in [0.05, 0.1) is 16.8 Å². The summed E-state index contributed by atoms with van der Waals surface area (Å²) in [6, 6.07) is 15.3. The van der Waals surface area contributed by atoms with Crippen LogP contribution in [-0.4, -0.2) is 10.8 Å². The number of aromatic nitrogens is 1. The number of carbonyl (C=O) groups excluding carboxylic acids is 1. The van der Waals surface area contributed by atoms with E-state index in [0.29, 0.717) is 5.56 Å². The molecular weight excluding hydrogens is 284 g/mol. The summed E-state index contributed by atoms with van der Waals surface area (Å²) in [5.41, 5.74) is 0.0378. The van der Waals surface area contributed by atoms with E-state index in [0.717, 1.165) is 12.1 Å². The molecule has 2 aromatic carbocycles. The highest BCUT2D eigenvalue weighted by atomic mass is 19.1. The molecule has 0 radical (unpaired) electrons. The summed E-state index contributed by atoms with van der Waals surface area (Å²) in [5.74, 6) is -2.14. The zero-order valence-corrected chi connectivity index (χ0v) is 11.5. The van der Waals surface area contributed by atoms with E-state index < -0.39 is 17.4 Å². The molecular formula is C18H11F2NO. The van der Waals surface area contributed by atoms with Gasteiger partial charge in [0.2, 0.25) is 0 Å². The molecule has 1 aromatic heterocycles. The van der Waals surface area contributed by atoms with Crippen LogP contribution in [-0.2, 0) is 0 Å². The van der Waals surface area contributed by atoms with Gasteiger partial charge in [0.1, 0.15) is 11.6 Å². The largest absolute Gasteiger partial charge is 0.288 e. The van der Waals surface area contributed by atoms with E-state index in [2.05, 4.69) is 4.98 Å². The lowest BCUT2D eigenvalue weighted by molar-refractivity contribution is 0.103. The molecule has 0 aliphatic carbocycles. The van der Waals surface area contributed by atoms with E-state index in [-0.39, 0.29) is 16.8 Å². The molecule has 0 aliphatic rings. The fourth-order valence-corrected chi connectivity index (χ4v) is 2.22. The maximum Gasteiger partial charge on any atom is 0.195 e. The maximum absolute atomic E-state index is 14.7. The van der Waals surface area contributed by atoms with Gasteiger partial charge in [-0.15, -0.1) is 0 Å². The molecule has 0 saturated heterocycles. The Morgan fingerprint density at radius 1 is 0.864 bits per heavy atom. The van der Waals surface area contributed by atoms with Crippen LogP contribution in [0, 0.1) is 11.6 Å². The molecule has 0 N–H and O–H groups in total. The molecule has 0 saturated carbocycles. The molecule has 0 aliphatic heterocycles. The number of carbonyl (C=O) groups is 1. The number of hydrogen-bond acceptors (Lipinski definition) is 2. The molecule has 4 heteroatoms. The number of hydrogen-bond donors (Lipinski definition) is 0. The van der Waals surface area contributed by atoms with E-state index in [9.17, 15) is 13.6 Å². The quantitative estimate of drug-likeness (QED) is 0.676. The molecule has 0 atom stereocenters. The highest BCUT2D eigenvalue weighted by molar-refractivity contribution is 6.09. The number of benzene rings is 2. The number of ketones is 1. The predicted molar refractivity (Wildman–Crippen MR) is 79.5 cm³/mol. The van der Waals surface area contributed by atoms with Crippen molar-refractivity contribution in [2.75, 3.05) is 0 Å². The van der Waals surface area contributed by atoms with Crippen LogP contribution in [0.5, 0.6) is 0 Å². The highest BCUT2D eigenvalue weighted by Crippen LogP contribution is 2.27. The van der Waals surface area contributed by atoms with E-state index in [1.807, 2.05) is 0 Å². The molecule has 3 rings (SSSR count). The van der Waals surface area contributed by atoms with Gasteiger partial charge < -0.3 is 0 Å². The van der Waals surface area contributed by atoms with Gasteiger partial charge in [0.25, 0.3) is 0 Å². The molecule has 22 heavy (non-hydrogen) atoms. The summed E-state index contributed by atoms with van der Waals surface area (Å²) >= 11 is 0.